The van der Waals surface area contributed by atoms with Crippen LogP contribution in [0.4, 0.5) is 0 Å². The van der Waals surface area contributed by atoms with Crippen molar-refractivity contribution in [2.24, 2.45) is 0 Å². The molecule has 4 heteroatoms. The van der Waals surface area contributed by atoms with Gasteiger partial charge in [0.1, 0.15) is 5.82 Å². The Bertz CT molecular complexity index is 505. The molecule has 0 spiro atoms. The van der Waals surface area contributed by atoms with Crippen molar-refractivity contribution in [1.29, 1.82) is 0 Å². The van der Waals surface area contributed by atoms with Gasteiger partial charge in [0.25, 0.3) is 0 Å². The lowest BCUT2D eigenvalue weighted by atomic mass is 10.1. The highest BCUT2D eigenvalue weighted by Gasteiger charge is 2.13. The van der Waals surface area contributed by atoms with Gasteiger partial charge in [0.2, 0.25) is 0 Å². The number of nitrogens with zero attached hydrogens (tertiary/aromatic N) is 3. The molecule has 2 aromatic rings. The van der Waals surface area contributed by atoms with Gasteiger partial charge in [-0.05, 0) is 18.9 Å². The number of aromatic nitrogens is 3. The van der Waals surface area contributed by atoms with Crippen LogP contribution in [0.2, 0.25) is 0 Å². The van der Waals surface area contributed by atoms with Crippen LogP contribution in [0.1, 0.15) is 24.7 Å². The van der Waals surface area contributed by atoms with Crippen LogP contribution in [0.3, 0.4) is 0 Å². The van der Waals surface area contributed by atoms with Gasteiger partial charge in [0.05, 0.1) is 5.33 Å². The van der Waals surface area contributed by atoms with E-state index in [0.717, 1.165) is 29.9 Å². The zero-order valence-corrected chi connectivity index (χ0v) is 11.7. The first-order chi connectivity index (χ1) is 8.27. The van der Waals surface area contributed by atoms with E-state index in [1.54, 1.807) is 0 Å². The molecule has 1 aromatic carbocycles. The summed E-state index contributed by atoms with van der Waals surface area (Å²) < 4.78 is 2.19. The van der Waals surface area contributed by atoms with Gasteiger partial charge in [-0.1, -0.05) is 47.1 Å². The predicted octanol–water partition coefficient (Wildman–Crippen LogP) is 3.56. The van der Waals surface area contributed by atoms with Gasteiger partial charge in [-0.15, -0.1) is 10.2 Å². The molecule has 0 aliphatic heterocycles. The number of rotatable bonds is 4. The largest absolute Gasteiger partial charge is 0.310 e. The Kier molecular flexibility index (Phi) is 3.94. The van der Waals surface area contributed by atoms with E-state index in [4.69, 9.17) is 0 Å². The average Bonchev–Trinajstić information content (AvgIpc) is 2.73. The lowest BCUT2D eigenvalue weighted by Crippen LogP contribution is -2.04. The van der Waals surface area contributed by atoms with E-state index in [1.807, 2.05) is 12.1 Å². The van der Waals surface area contributed by atoms with E-state index in [9.17, 15) is 0 Å². The molecule has 0 saturated carbocycles. The van der Waals surface area contributed by atoms with Crippen LogP contribution < -0.4 is 0 Å². The summed E-state index contributed by atoms with van der Waals surface area (Å²) >= 11 is 3.46. The number of aryl methyl sites for hydroxylation is 1. The van der Waals surface area contributed by atoms with Gasteiger partial charge < -0.3 is 4.57 Å². The Morgan fingerprint density at radius 2 is 2.00 bits per heavy atom. The summed E-state index contributed by atoms with van der Waals surface area (Å²) in [6.07, 6.45) is 1.08. The molecule has 1 aromatic heterocycles. The molecule has 0 saturated heterocycles. The number of hydrogen-bond donors (Lipinski definition) is 0. The van der Waals surface area contributed by atoms with Crippen molar-refractivity contribution in [1.82, 2.24) is 14.8 Å². The fourth-order valence-corrected chi connectivity index (χ4v) is 2.33. The number of benzene rings is 1. The summed E-state index contributed by atoms with van der Waals surface area (Å²) in [5, 5.41) is 9.30. The highest BCUT2D eigenvalue weighted by molar-refractivity contribution is 9.08. The summed E-state index contributed by atoms with van der Waals surface area (Å²) in [5.74, 6) is 1.96. The van der Waals surface area contributed by atoms with Crippen LogP contribution in [0.5, 0.6) is 0 Å². The van der Waals surface area contributed by atoms with E-state index >= 15 is 0 Å². The number of alkyl halides is 1. The Labute approximate surface area is 110 Å². The molecule has 0 radical (unpaired) electrons. The van der Waals surface area contributed by atoms with Gasteiger partial charge in [-0.3, -0.25) is 0 Å². The minimum Gasteiger partial charge on any atom is -0.310 e. The fourth-order valence-electron chi connectivity index (χ4n) is 1.92. The van der Waals surface area contributed by atoms with Crippen molar-refractivity contribution in [3.8, 4) is 11.4 Å². The average molecular weight is 294 g/mol. The van der Waals surface area contributed by atoms with Gasteiger partial charge in [0.15, 0.2) is 5.82 Å². The lowest BCUT2D eigenvalue weighted by Gasteiger charge is -2.09. The predicted molar refractivity (Wildman–Crippen MR) is 73.1 cm³/mol. The van der Waals surface area contributed by atoms with Crippen molar-refractivity contribution >= 4 is 15.9 Å². The lowest BCUT2D eigenvalue weighted by molar-refractivity contribution is 0.661. The van der Waals surface area contributed by atoms with Crippen molar-refractivity contribution in [2.75, 3.05) is 0 Å². The zero-order valence-electron chi connectivity index (χ0n) is 10.2. The second-order valence-electron chi connectivity index (χ2n) is 4.04. The third kappa shape index (κ3) is 2.41. The monoisotopic (exact) mass is 293 g/mol. The Morgan fingerprint density at radius 3 is 2.65 bits per heavy atom. The third-order valence-corrected chi connectivity index (χ3v) is 3.28. The topological polar surface area (TPSA) is 30.7 Å². The van der Waals surface area contributed by atoms with E-state index in [-0.39, 0.29) is 0 Å². The van der Waals surface area contributed by atoms with Gasteiger partial charge in [0, 0.05) is 12.1 Å². The van der Waals surface area contributed by atoms with Crippen LogP contribution >= 0.6 is 15.9 Å². The van der Waals surface area contributed by atoms with Crippen LogP contribution in [-0.4, -0.2) is 14.8 Å². The molecule has 0 fully saturated rings. The first kappa shape index (κ1) is 12.3. The van der Waals surface area contributed by atoms with Crippen molar-refractivity contribution in [3.63, 3.8) is 0 Å². The van der Waals surface area contributed by atoms with Crippen LogP contribution in [-0.2, 0) is 11.9 Å². The molecule has 17 heavy (non-hydrogen) atoms. The number of halogens is 1. The van der Waals surface area contributed by atoms with Crippen molar-refractivity contribution in [2.45, 2.75) is 32.1 Å². The van der Waals surface area contributed by atoms with E-state index in [1.165, 1.54) is 11.1 Å². The molecule has 0 N–H and O–H groups in total. The third-order valence-electron chi connectivity index (χ3n) is 2.78. The van der Waals surface area contributed by atoms with Crippen LogP contribution in [0.15, 0.2) is 24.3 Å². The second kappa shape index (κ2) is 5.45. The van der Waals surface area contributed by atoms with Crippen LogP contribution in [0, 0.1) is 6.92 Å². The minimum atomic E-state index is 0.742. The summed E-state index contributed by atoms with van der Waals surface area (Å²) in [4.78, 5) is 0. The summed E-state index contributed by atoms with van der Waals surface area (Å²) in [7, 11) is 0. The molecule has 0 aliphatic carbocycles. The standard InChI is InChI=1S/C13H16BrN3/c1-3-8-17-12(9-14)15-16-13(17)11-7-5-4-6-10(11)2/h4-7H,3,8-9H2,1-2H3. The van der Waals surface area contributed by atoms with E-state index in [2.05, 4.69) is 56.7 Å². The summed E-state index contributed by atoms with van der Waals surface area (Å²) in [6.45, 7) is 5.23. The first-order valence-electron chi connectivity index (χ1n) is 5.82. The van der Waals surface area contributed by atoms with Crippen LogP contribution in [0.25, 0.3) is 11.4 Å². The molecule has 2 rings (SSSR count). The molecular formula is C13H16BrN3. The highest BCUT2D eigenvalue weighted by Crippen LogP contribution is 2.23. The maximum absolute atomic E-state index is 4.32. The molecule has 0 atom stereocenters. The molecule has 0 unspecified atom stereocenters. The Morgan fingerprint density at radius 1 is 1.24 bits per heavy atom. The minimum absolute atomic E-state index is 0.742. The van der Waals surface area contributed by atoms with Gasteiger partial charge >= 0.3 is 0 Å². The van der Waals surface area contributed by atoms with E-state index in [0.29, 0.717) is 0 Å². The fraction of sp³-hybridized carbons (Fsp3) is 0.385. The van der Waals surface area contributed by atoms with Gasteiger partial charge in [-0.2, -0.15) is 0 Å². The second-order valence-corrected chi connectivity index (χ2v) is 4.60. The SMILES string of the molecule is CCCn1c(CBr)nnc1-c1ccccc1C. The quantitative estimate of drug-likeness (QED) is 0.807. The molecule has 0 amide bonds. The Hall–Kier alpha value is -1.16. The first-order valence-corrected chi connectivity index (χ1v) is 6.94. The smallest absolute Gasteiger partial charge is 0.164 e. The molecule has 0 bridgehead atoms. The molecular weight excluding hydrogens is 278 g/mol. The molecule has 1 heterocycles. The van der Waals surface area contributed by atoms with Crippen molar-refractivity contribution < 1.29 is 0 Å². The normalized spacial score (nSPS) is 10.8. The molecule has 0 aliphatic rings. The molecule has 3 nitrogen and oxygen atoms in total. The summed E-state index contributed by atoms with van der Waals surface area (Å²) in [6, 6.07) is 8.30. The van der Waals surface area contributed by atoms with Gasteiger partial charge in [-0.25, -0.2) is 0 Å². The van der Waals surface area contributed by atoms with E-state index < -0.39 is 0 Å². The zero-order chi connectivity index (χ0) is 12.3. The maximum Gasteiger partial charge on any atom is 0.164 e. The number of hydrogen-bond acceptors (Lipinski definition) is 2. The Balaban J connectivity index is 2.52. The maximum atomic E-state index is 4.32. The summed E-state index contributed by atoms with van der Waals surface area (Å²) in [5.41, 5.74) is 2.40. The van der Waals surface area contributed by atoms with Crippen molar-refractivity contribution in [3.05, 3.63) is 35.7 Å². The molecule has 90 valence electrons. The highest BCUT2D eigenvalue weighted by atomic mass is 79.9.